The number of aryl methyl sites for hydroxylation is 1. The fraction of sp³-hybridized carbons (Fsp3) is 0.545. The molecule has 1 aromatic rings. The van der Waals surface area contributed by atoms with Gasteiger partial charge in [-0.15, -0.1) is 0 Å². The molecular weight excluding hydrogens is 224 g/mol. The van der Waals surface area contributed by atoms with E-state index < -0.39 is 0 Å². The van der Waals surface area contributed by atoms with Crippen molar-refractivity contribution >= 4 is 28.7 Å². The summed E-state index contributed by atoms with van der Waals surface area (Å²) in [7, 11) is 0. The molecule has 0 fully saturated rings. The Balaban J connectivity index is 2.20. The van der Waals surface area contributed by atoms with Crippen LogP contribution in [0.25, 0.3) is 0 Å². The molecule has 1 rings (SSSR count). The minimum atomic E-state index is 0.758. The van der Waals surface area contributed by atoms with Crippen LogP contribution >= 0.6 is 23.6 Å². The predicted molar refractivity (Wildman–Crippen MR) is 71.4 cm³/mol. The molecule has 0 saturated carbocycles. The number of thiophene rings is 1. The molecule has 0 amide bonds. The molecule has 2 N–H and O–H groups in total. The van der Waals surface area contributed by atoms with Crippen molar-refractivity contribution in [1.82, 2.24) is 10.6 Å². The van der Waals surface area contributed by atoms with Crippen molar-refractivity contribution in [3.8, 4) is 0 Å². The molecule has 0 aliphatic rings. The Morgan fingerprint density at radius 1 is 1.40 bits per heavy atom. The van der Waals surface area contributed by atoms with Crippen LogP contribution in [-0.4, -0.2) is 11.7 Å². The van der Waals surface area contributed by atoms with E-state index in [2.05, 4.69) is 35.2 Å². The molecule has 2 nitrogen and oxygen atoms in total. The zero-order valence-corrected chi connectivity index (χ0v) is 10.9. The maximum atomic E-state index is 5.16. The number of hydrogen-bond acceptors (Lipinski definition) is 2. The summed E-state index contributed by atoms with van der Waals surface area (Å²) in [6, 6.07) is 0. The highest BCUT2D eigenvalue weighted by molar-refractivity contribution is 7.80. The van der Waals surface area contributed by atoms with Crippen molar-refractivity contribution in [3.05, 3.63) is 21.9 Å². The molecule has 0 radical (unpaired) electrons. The summed E-state index contributed by atoms with van der Waals surface area (Å²) >= 11 is 6.90. The number of hydrogen-bond donors (Lipinski definition) is 2. The zero-order chi connectivity index (χ0) is 11.1. The topological polar surface area (TPSA) is 24.1 Å². The van der Waals surface area contributed by atoms with E-state index in [-0.39, 0.29) is 0 Å². The van der Waals surface area contributed by atoms with Crippen LogP contribution in [0.15, 0.2) is 10.8 Å². The van der Waals surface area contributed by atoms with Gasteiger partial charge in [-0.25, -0.2) is 0 Å². The summed E-state index contributed by atoms with van der Waals surface area (Å²) in [6.07, 6.45) is 2.36. The van der Waals surface area contributed by atoms with Gasteiger partial charge >= 0.3 is 0 Å². The van der Waals surface area contributed by atoms with Gasteiger partial charge in [-0.3, -0.25) is 0 Å². The molecule has 15 heavy (non-hydrogen) atoms. The normalized spacial score (nSPS) is 10.0. The Morgan fingerprint density at radius 3 is 2.80 bits per heavy atom. The van der Waals surface area contributed by atoms with Crippen molar-refractivity contribution in [2.75, 3.05) is 6.54 Å². The molecule has 0 aliphatic heterocycles. The van der Waals surface area contributed by atoms with Gasteiger partial charge in [-0.05, 0) is 47.4 Å². The molecular formula is C11H18N2S2. The third-order valence-corrected chi connectivity index (χ3v) is 3.42. The number of rotatable bonds is 5. The predicted octanol–water partition coefficient (Wildman–Crippen LogP) is 2.82. The summed E-state index contributed by atoms with van der Waals surface area (Å²) in [5, 5.41) is 11.5. The second kappa shape index (κ2) is 6.80. The van der Waals surface area contributed by atoms with Gasteiger partial charge in [0.2, 0.25) is 0 Å². The van der Waals surface area contributed by atoms with Crippen molar-refractivity contribution in [1.29, 1.82) is 0 Å². The van der Waals surface area contributed by atoms with Crippen LogP contribution in [-0.2, 0) is 6.54 Å². The quantitative estimate of drug-likeness (QED) is 0.613. The Hall–Kier alpha value is -0.610. The van der Waals surface area contributed by atoms with E-state index >= 15 is 0 Å². The van der Waals surface area contributed by atoms with Crippen molar-refractivity contribution in [3.63, 3.8) is 0 Å². The first-order valence-electron chi connectivity index (χ1n) is 5.27. The zero-order valence-electron chi connectivity index (χ0n) is 9.30. The lowest BCUT2D eigenvalue weighted by atomic mass is 10.2. The van der Waals surface area contributed by atoms with Crippen LogP contribution in [0.2, 0.25) is 0 Å². The van der Waals surface area contributed by atoms with Gasteiger partial charge in [0.15, 0.2) is 5.11 Å². The van der Waals surface area contributed by atoms with E-state index in [1.54, 1.807) is 11.3 Å². The summed E-state index contributed by atoms with van der Waals surface area (Å²) in [5.74, 6) is 0. The van der Waals surface area contributed by atoms with E-state index in [0.717, 1.165) is 18.2 Å². The maximum Gasteiger partial charge on any atom is 0.166 e. The molecule has 1 heterocycles. The molecule has 0 bridgehead atoms. The first-order valence-corrected chi connectivity index (χ1v) is 6.62. The lowest BCUT2D eigenvalue weighted by Crippen LogP contribution is -2.35. The highest BCUT2D eigenvalue weighted by Crippen LogP contribution is 2.12. The Bertz CT molecular complexity index is 307. The molecule has 1 aromatic heterocycles. The van der Waals surface area contributed by atoms with E-state index in [4.69, 9.17) is 12.2 Å². The highest BCUT2D eigenvalue weighted by Gasteiger charge is 1.99. The van der Waals surface area contributed by atoms with Gasteiger partial charge < -0.3 is 10.6 Å². The first kappa shape index (κ1) is 12.5. The summed E-state index contributed by atoms with van der Waals surface area (Å²) in [5.41, 5.74) is 2.67. The van der Waals surface area contributed by atoms with Crippen molar-refractivity contribution < 1.29 is 0 Å². The van der Waals surface area contributed by atoms with Gasteiger partial charge in [0.25, 0.3) is 0 Å². The van der Waals surface area contributed by atoms with Crippen molar-refractivity contribution in [2.45, 2.75) is 33.2 Å². The summed E-state index contributed by atoms with van der Waals surface area (Å²) < 4.78 is 0. The average Bonchev–Trinajstić information content (AvgIpc) is 2.61. The maximum absolute atomic E-state index is 5.16. The van der Waals surface area contributed by atoms with Crippen LogP contribution in [0.1, 0.15) is 30.9 Å². The minimum absolute atomic E-state index is 0.758. The molecule has 4 heteroatoms. The van der Waals surface area contributed by atoms with E-state index in [1.165, 1.54) is 24.0 Å². The monoisotopic (exact) mass is 242 g/mol. The molecule has 0 aliphatic carbocycles. The van der Waals surface area contributed by atoms with Crippen molar-refractivity contribution in [2.24, 2.45) is 0 Å². The van der Waals surface area contributed by atoms with E-state index in [9.17, 15) is 0 Å². The third kappa shape index (κ3) is 4.62. The van der Waals surface area contributed by atoms with Gasteiger partial charge in [0.05, 0.1) is 0 Å². The molecule has 0 atom stereocenters. The highest BCUT2D eigenvalue weighted by atomic mass is 32.1. The van der Waals surface area contributed by atoms with E-state index in [0.29, 0.717) is 0 Å². The average molecular weight is 242 g/mol. The SMILES string of the molecule is CCCCNC(=S)NCc1cscc1C. The number of unbranched alkanes of at least 4 members (excludes halogenated alkanes) is 1. The lowest BCUT2D eigenvalue weighted by Gasteiger charge is -2.09. The Labute approximate surface area is 101 Å². The molecule has 0 aromatic carbocycles. The fourth-order valence-corrected chi connectivity index (χ4v) is 2.22. The van der Waals surface area contributed by atoms with Crippen LogP contribution in [0.5, 0.6) is 0 Å². The number of nitrogens with one attached hydrogen (secondary N) is 2. The van der Waals surface area contributed by atoms with E-state index in [1.807, 2.05) is 0 Å². The van der Waals surface area contributed by atoms with Gasteiger partial charge in [0.1, 0.15) is 0 Å². The lowest BCUT2D eigenvalue weighted by molar-refractivity contribution is 0.739. The van der Waals surface area contributed by atoms with Gasteiger partial charge in [-0.2, -0.15) is 11.3 Å². The Kier molecular flexibility index (Phi) is 5.65. The molecule has 84 valence electrons. The fourth-order valence-electron chi connectivity index (χ4n) is 1.18. The second-order valence-corrected chi connectivity index (χ2v) is 4.69. The van der Waals surface area contributed by atoms with Gasteiger partial charge in [0, 0.05) is 13.1 Å². The van der Waals surface area contributed by atoms with Crippen LogP contribution in [0.3, 0.4) is 0 Å². The Morgan fingerprint density at radius 2 is 2.20 bits per heavy atom. The van der Waals surface area contributed by atoms with Crippen LogP contribution in [0, 0.1) is 6.92 Å². The van der Waals surface area contributed by atoms with Crippen LogP contribution < -0.4 is 10.6 Å². The molecule has 0 spiro atoms. The van der Waals surface area contributed by atoms with Gasteiger partial charge in [-0.1, -0.05) is 13.3 Å². The largest absolute Gasteiger partial charge is 0.363 e. The molecule has 0 unspecified atom stereocenters. The number of thiocarbonyl (C=S) groups is 1. The van der Waals surface area contributed by atoms with Crippen LogP contribution in [0.4, 0.5) is 0 Å². The summed E-state index contributed by atoms with van der Waals surface area (Å²) in [6.45, 7) is 6.09. The smallest absolute Gasteiger partial charge is 0.166 e. The standard InChI is InChI=1S/C11H18N2S2/c1-3-4-5-12-11(14)13-6-10-8-15-7-9(10)2/h7-8H,3-6H2,1-2H3,(H2,12,13,14). The third-order valence-electron chi connectivity index (χ3n) is 2.22. The second-order valence-electron chi connectivity index (χ2n) is 3.54. The first-order chi connectivity index (χ1) is 7.24. The minimum Gasteiger partial charge on any atom is -0.363 e. The molecule has 0 saturated heterocycles. The summed E-state index contributed by atoms with van der Waals surface area (Å²) in [4.78, 5) is 0.